The zero-order valence-electron chi connectivity index (χ0n) is 20.2. The van der Waals surface area contributed by atoms with Gasteiger partial charge in [0, 0.05) is 21.5 Å². The SMILES string of the molecule is CC1(C)OB(c2ccc(-c3ccc4c(c3)oc3ccc5oc6ccccc6c5c34)cc2)OC1(C)C. The largest absolute Gasteiger partial charge is 0.494 e. The van der Waals surface area contributed by atoms with Gasteiger partial charge in [-0.05, 0) is 74.6 Å². The van der Waals surface area contributed by atoms with Crippen LogP contribution in [0.5, 0.6) is 0 Å². The molecule has 0 spiro atoms. The van der Waals surface area contributed by atoms with E-state index in [1.807, 2.05) is 30.3 Å². The molecule has 0 atom stereocenters. The van der Waals surface area contributed by atoms with Crippen LogP contribution in [0, 0.1) is 0 Å². The summed E-state index contributed by atoms with van der Waals surface area (Å²) < 4.78 is 24.8. The Bertz CT molecular complexity index is 1740. The second-order valence-electron chi connectivity index (χ2n) is 10.4. The van der Waals surface area contributed by atoms with Crippen molar-refractivity contribution in [2.75, 3.05) is 0 Å². The summed E-state index contributed by atoms with van der Waals surface area (Å²) in [6.07, 6.45) is 0. The number of fused-ring (bicyclic) bond motifs is 7. The summed E-state index contributed by atoms with van der Waals surface area (Å²) in [5.41, 5.74) is 6.04. The normalized spacial score (nSPS) is 17.3. The van der Waals surface area contributed by atoms with Gasteiger partial charge in [-0.1, -0.05) is 48.5 Å². The highest BCUT2D eigenvalue weighted by Gasteiger charge is 2.51. The number of hydrogen-bond acceptors (Lipinski definition) is 4. The first kappa shape index (κ1) is 20.8. The lowest BCUT2D eigenvalue weighted by atomic mass is 9.78. The highest BCUT2D eigenvalue weighted by atomic mass is 16.7. The molecule has 0 amide bonds. The molecular weight excluding hydrogens is 435 g/mol. The molecule has 0 unspecified atom stereocenters. The molecule has 4 aromatic carbocycles. The summed E-state index contributed by atoms with van der Waals surface area (Å²) in [6.45, 7) is 8.29. The number of hydrogen-bond donors (Lipinski definition) is 0. The zero-order chi connectivity index (χ0) is 23.9. The number of para-hydroxylation sites is 1. The van der Waals surface area contributed by atoms with Crippen LogP contribution in [0.2, 0.25) is 0 Å². The van der Waals surface area contributed by atoms with Crippen molar-refractivity contribution in [3.05, 3.63) is 78.9 Å². The molecule has 0 radical (unpaired) electrons. The quantitative estimate of drug-likeness (QED) is 0.252. The van der Waals surface area contributed by atoms with E-state index in [4.69, 9.17) is 18.1 Å². The minimum atomic E-state index is -0.362. The Morgan fingerprint density at radius 3 is 1.80 bits per heavy atom. The molecule has 1 aliphatic heterocycles. The molecule has 5 heteroatoms. The van der Waals surface area contributed by atoms with E-state index in [1.165, 1.54) is 0 Å². The van der Waals surface area contributed by atoms with Crippen molar-refractivity contribution in [1.82, 2.24) is 0 Å². The van der Waals surface area contributed by atoms with Crippen LogP contribution in [0.4, 0.5) is 0 Å². The van der Waals surface area contributed by atoms with Crippen molar-refractivity contribution >= 4 is 56.5 Å². The van der Waals surface area contributed by atoms with E-state index in [2.05, 4.69) is 76.2 Å². The van der Waals surface area contributed by atoms with Gasteiger partial charge in [-0.3, -0.25) is 0 Å². The smallest absolute Gasteiger partial charge is 0.456 e. The zero-order valence-corrected chi connectivity index (χ0v) is 20.2. The predicted molar refractivity (Wildman–Crippen MR) is 142 cm³/mol. The van der Waals surface area contributed by atoms with Gasteiger partial charge in [0.05, 0.1) is 11.2 Å². The summed E-state index contributed by atoms with van der Waals surface area (Å²) in [6, 6.07) is 27.0. The Balaban J connectivity index is 1.30. The topological polar surface area (TPSA) is 44.7 Å². The third-order valence-corrected chi connectivity index (χ3v) is 7.75. The van der Waals surface area contributed by atoms with E-state index >= 15 is 0 Å². The van der Waals surface area contributed by atoms with Crippen LogP contribution in [-0.2, 0) is 9.31 Å². The van der Waals surface area contributed by atoms with Crippen LogP contribution in [0.1, 0.15) is 27.7 Å². The fourth-order valence-electron chi connectivity index (χ4n) is 5.07. The van der Waals surface area contributed by atoms with Gasteiger partial charge in [0.1, 0.15) is 22.3 Å². The van der Waals surface area contributed by atoms with Crippen LogP contribution in [0.25, 0.3) is 55.0 Å². The van der Waals surface area contributed by atoms with Crippen molar-refractivity contribution in [3.63, 3.8) is 0 Å². The van der Waals surface area contributed by atoms with Crippen molar-refractivity contribution < 1.29 is 18.1 Å². The average Bonchev–Trinajstić information content (AvgIpc) is 3.46. The maximum atomic E-state index is 6.31. The van der Waals surface area contributed by atoms with E-state index in [0.29, 0.717) is 0 Å². The molecule has 35 heavy (non-hydrogen) atoms. The van der Waals surface area contributed by atoms with Crippen molar-refractivity contribution in [2.24, 2.45) is 0 Å². The maximum Gasteiger partial charge on any atom is 0.494 e. The maximum absolute atomic E-state index is 6.31. The van der Waals surface area contributed by atoms with E-state index in [0.717, 1.165) is 60.5 Å². The van der Waals surface area contributed by atoms with Gasteiger partial charge in [0.15, 0.2) is 0 Å². The highest BCUT2D eigenvalue weighted by Crippen LogP contribution is 2.41. The lowest BCUT2D eigenvalue weighted by Gasteiger charge is -2.32. The van der Waals surface area contributed by atoms with Crippen LogP contribution in [-0.4, -0.2) is 18.3 Å². The first-order chi connectivity index (χ1) is 16.8. The fraction of sp³-hybridized carbons (Fsp3) is 0.200. The second kappa shape index (κ2) is 7.00. The average molecular weight is 460 g/mol. The number of furan rings is 2. The van der Waals surface area contributed by atoms with E-state index in [9.17, 15) is 0 Å². The molecule has 1 aliphatic rings. The van der Waals surface area contributed by atoms with Crippen LogP contribution < -0.4 is 5.46 Å². The molecule has 4 nitrogen and oxygen atoms in total. The number of benzene rings is 4. The van der Waals surface area contributed by atoms with E-state index in [1.54, 1.807) is 0 Å². The first-order valence-electron chi connectivity index (χ1n) is 12.0. The molecule has 7 rings (SSSR count). The lowest BCUT2D eigenvalue weighted by molar-refractivity contribution is 0.00578. The Hall–Kier alpha value is -3.54. The first-order valence-corrected chi connectivity index (χ1v) is 12.0. The molecule has 0 saturated carbocycles. The van der Waals surface area contributed by atoms with Crippen LogP contribution in [0.15, 0.2) is 87.7 Å². The van der Waals surface area contributed by atoms with Crippen molar-refractivity contribution in [2.45, 2.75) is 38.9 Å². The van der Waals surface area contributed by atoms with Crippen LogP contribution >= 0.6 is 0 Å². The van der Waals surface area contributed by atoms with E-state index in [-0.39, 0.29) is 18.3 Å². The molecule has 172 valence electrons. The summed E-state index contributed by atoms with van der Waals surface area (Å²) in [5, 5.41) is 4.41. The van der Waals surface area contributed by atoms with Gasteiger partial charge in [-0.25, -0.2) is 0 Å². The van der Waals surface area contributed by atoms with Gasteiger partial charge in [-0.2, -0.15) is 0 Å². The Labute approximate surface area is 203 Å². The molecule has 1 saturated heterocycles. The lowest BCUT2D eigenvalue weighted by Crippen LogP contribution is -2.41. The summed E-state index contributed by atoms with van der Waals surface area (Å²) in [5.74, 6) is 0. The molecule has 2 aromatic heterocycles. The van der Waals surface area contributed by atoms with Gasteiger partial charge < -0.3 is 18.1 Å². The minimum Gasteiger partial charge on any atom is -0.456 e. The Kier molecular flexibility index (Phi) is 4.16. The second-order valence-corrected chi connectivity index (χ2v) is 10.4. The molecule has 0 N–H and O–H groups in total. The molecule has 3 heterocycles. The molecule has 0 bridgehead atoms. The standard InChI is InChI=1S/C30H25BO4/c1-29(2)30(3,4)35-31(34-29)20-12-9-18(10-13-20)19-11-14-22-26(17-19)33-25-16-15-24-27(28(22)25)21-7-5-6-8-23(21)32-24/h5-17H,1-4H3. The predicted octanol–water partition coefficient (Wildman–Crippen LogP) is 7.45. The summed E-state index contributed by atoms with van der Waals surface area (Å²) in [4.78, 5) is 0. The van der Waals surface area contributed by atoms with Gasteiger partial charge >= 0.3 is 7.12 Å². The monoisotopic (exact) mass is 460 g/mol. The van der Waals surface area contributed by atoms with Gasteiger partial charge in [0.2, 0.25) is 0 Å². The van der Waals surface area contributed by atoms with Crippen molar-refractivity contribution in [1.29, 1.82) is 0 Å². The third kappa shape index (κ3) is 3.02. The third-order valence-electron chi connectivity index (χ3n) is 7.75. The molecule has 6 aromatic rings. The van der Waals surface area contributed by atoms with Gasteiger partial charge in [0.25, 0.3) is 0 Å². The van der Waals surface area contributed by atoms with Crippen LogP contribution in [0.3, 0.4) is 0 Å². The molecule has 0 aliphatic carbocycles. The summed E-state index contributed by atoms with van der Waals surface area (Å²) >= 11 is 0. The minimum absolute atomic E-state index is 0.353. The fourth-order valence-corrected chi connectivity index (χ4v) is 5.07. The number of rotatable bonds is 2. The summed E-state index contributed by atoms with van der Waals surface area (Å²) in [7, 11) is -0.362. The van der Waals surface area contributed by atoms with E-state index < -0.39 is 0 Å². The Morgan fingerprint density at radius 1 is 0.543 bits per heavy atom. The highest BCUT2D eigenvalue weighted by molar-refractivity contribution is 6.62. The molecular formula is C30H25BO4. The Morgan fingerprint density at radius 2 is 1.11 bits per heavy atom. The molecule has 1 fully saturated rings. The van der Waals surface area contributed by atoms with Gasteiger partial charge in [-0.15, -0.1) is 0 Å². The van der Waals surface area contributed by atoms with Crippen molar-refractivity contribution in [3.8, 4) is 11.1 Å².